The third-order valence-electron chi connectivity index (χ3n) is 2.80. The number of unbranched alkanes of at least 4 members (excludes halogenated alkanes) is 1. The predicted octanol–water partition coefficient (Wildman–Crippen LogP) is 2.08. The summed E-state index contributed by atoms with van der Waals surface area (Å²) >= 11 is 0. The van der Waals surface area contributed by atoms with Crippen LogP contribution in [-0.4, -0.2) is 23.9 Å². The molecule has 0 atom stereocenters. The van der Waals surface area contributed by atoms with Crippen molar-refractivity contribution in [3.05, 3.63) is 35.4 Å². The highest BCUT2D eigenvalue weighted by atomic mass is 16.2. The Bertz CT molecular complexity index is 346. The first-order chi connectivity index (χ1) is 8.17. The maximum Gasteiger partial charge on any atom is 0.236 e. The second-order valence-electron chi connectivity index (χ2n) is 4.36. The zero-order valence-corrected chi connectivity index (χ0v) is 10.8. The minimum atomic E-state index is 0.0269. The average molecular weight is 234 g/mol. The number of carbonyl (C=O) groups excluding carboxylic acids is 1. The average Bonchev–Trinajstić information content (AvgIpc) is 2.36. The molecule has 1 rings (SSSR count). The molecular weight excluding hydrogens is 212 g/mol. The molecule has 1 aromatic rings. The van der Waals surface area contributed by atoms with Crippen molar-refractivity contribution in [3.63, 3.8) is 0 Å². The van der Waals surface area contributed by atoms with Crippen molar-refractivity contribution in [2.24, 2.45) is 5.73 Å². The van der Waals surface area contributed by atoms with E-state index in [4.69, 9.17) is 5.73 Å². The topological polar surface area (TPSA) is 46.3 Å². The summed E-state index contributed by atoms with van der Waals surface area (Å²) in [6.45, 7) is 5.73. The molecule has 1 aromatic carbocycles. The summed E-state index contributed by atoms with van der Waals surface area (Å²) in [7, 11) is 0. The highest BCUT2D eigenvalue weighted by molar-refractivity contribution is 5.78. The maximum absolute atomic E-state index is 11.7. The number of amides is 1. The first kappa shape index (κ1) is 13.7. The first-order valence-electron chi connectivity index (χ1n) is 6.20. The molecule has 0 aliphatic carbocycles. The number of nitrogens with two attached hydrogens (primary N) is 1. The normalized spacial score (nSPS) is 10.3. The van der Waals surface area contributed by atoms with E-state index < -0.39 is 0 Å². The maximum atomic E-state index is 11.7. The van der Waals surface area contributed by atoms with E-state index in [1.165, 1.54) is 5.56 Å². The Morgan fingerprint density at radius 3 is 2.47 bits per heavy atom. The second-order valence-corrected chi connectivity index (χ2v) is 4.36. The summed E-state index contributed by atoms with van der Waals surface area (Å²) < 4.78 is 0. The van der Waals surface area contributed by atoms with Crippen LogP contribution in [0.4, 0.5) is 0 Å². The van der Waals surface area contributed by atoms with Gasteiger partial charge in [0.05, 0.1) is 6.54 Å². The van der Waals surface area contributed by atoms with Crippen molar-refractivity contribution in [2.75, 3.05) is 13.1 Å². The number of benzene rings is 1. The lowest BCUT2D eigenvalue weighted by Gasteiger charge is -2.22. The molecule has 0 aromatic heterocycles. The van der Waals surface area contributed by atoms with Crippen LogP contribution in [0.2, 0.25) is 0 Å². The van der Waals surface area contributed by atoms with Crippen LogP contribution in [0, 0.1) is 6.92 Å². The fourth-order valence-electron chi connectivity index (χ4n) is 1.68. The van der Waals surface area contributed by atoms with Crippen molar-refractivity contribution >= 4 is 5.91 Å². The van der Waals surface area contributed by atoms with Crippen LogP contribution < -0.4 is 5.73 Å². The van der Waals surface area contributed by atoms with Crippen LogP contribution in [0.25, 0.3) is 0 Å². The lowest BCUT2D eigenvalue weighted by atomic mass is 10.1. The largest absolute Gasteiger partial charge is 0.337 e. The molecule has 17 heavy (non-hydrogen) atoms. The molecule has 0 aliphatic heterocycles. The molecule has 1 amide bonds. The molecule has 0 saturated carbocycles. The third kappa shape index (κ3) is 4.57. The van der Waals surface area contributed by atoms with Gasteiger partial charge in [-0.05, 0) is 18.9 Å². The minimum absolute atomic E-state index is 0.0269. The fraction of sp³-hybridized carbons (Fsp3) is 0.500. The number of rotatable bonds is 6. The van der Waals surface area contributed by atoms with Gasteiger partial charge in [0.15, 0.2) is 0 Å². The van der Waals surface area contributed by atoms with Crippen LogP contribution in [0.5, 0.6) is 0 Å². The SMILES string of the molecule is CCCCN(Cc1ccc(C)cc1)C(=O)CN. The van der Waals surface area contributed by atoms with Gasteiger partial charge in [0.2, 0.25) is 5.91 Å². The fourth-order valence-corrected chi connectivity index (χ4v) is 1.68. The molecule has 0 radical (unpaired) electrons. The van der Waals surface area contributed by atoms with E-state index in [2.05, 4.69) is 38.1 Å². The van der Waals surface area contributed by atoms with Gasteiger partial charge in [-0.2, -0.15) is 0 Å². The van der Waals surface area contributed by atoms with Gasteiger partial charge in [-0.25, -0.2) is 0 Å². The van der Waals surface area contributed by atoms with Crippen molar-refractivity contribution in [2.45, 2.75) is 33.2 Å². The van der Waals surface area contributed by atoms with Crippen LogP contribution in [0.1, 0.15) is 30.9 Å². The Hall–Kier alpha value is -1.35. The summed E-state index contributed by atoms with van der Waals surface area (Å²) in [6, 6.07) is 8.27. The van der Waals surface area contributed by atoms with E-state index in [1.54, 1.807) is 0 Å². The van der Waals surface area contributed by atoms with E-state index in [9.17, 15) is 4.79 Å². The lowest BCUT2D eigenvalue weighted by molar-refractivity contribution is -0.130. The lowest BCUT2D eigenvalue weighted by Crippen LogP contribution is -2.36. The smallest absolute Gasteiger partial charge is 0.236 e. The number of hydrogen-bond acceptors (Lipinski definition) is 2. The van der Waals surface area contributed by atoms with Crippen molar-refractivity contribution in [3.8, 4) is 0 Å². The molecule has 0 saturated heterocycles. The van der Waals surface area contributed by atoms with E-state index >= 15 is 0 Å². The number of carbonyl (C=O) groups is 1. The predicted molar refractivity (Wildman–Crippen MR) is 70.6 cm³/mol. The van der Waals surface area contributed by atoms with Gasteiger partial charge in [0.1, 0.15) is 0 Å². The van der Waals surface area contributed by atoms with E-state index in [-0.39, 0.29) is 12.5 Å². The van der Waals surface area contributed by atoms with Gasteiger partial charge in [-0.15, -0.1) is 0 Å². The van der Waals surface area contributed by atoms with Gasteiger partial charge in [0.25, 0.3) is 0 Å². The third-order valence-corrected chi connectivity index (χ3v) is 2.80. The summed E-state index contributed by atoms with van der Waals surface area (Å²) in [6.07, 6.45) is 2.11. The molecule has 0 aliphatic rings. The highest BCUT2D eigenvalue weighted by Crippen LogP contribution is 2.08. The quantitative estimate of drug-likeness (QED) is 0.819. The molecule has 0 bridgehead atoms. The van der Waals surface area contributed by atoms with Gasteiger partial charge in [0, 0.05) is 13.1 Å². The van der Waals surface area contributed by atoms with Crippen LogP contribution >= 0.6 is 0 Å². The van der Waals surface area contributed by atoms with Crippen molar-refractivity contribution in [1.82, 2.24) is 4.90 Å². The second kappa shape index (κ2) is 7.07. The van der Waals surface area contributed by atoms with Gasteiger partial charge >= 0.3 is 0 Å². The molecule has 0 unspecified atom stereocenters. The summed E-state index contributed by atoms with van der Waals surface area (Å²) in [5, 5.41) is 0. The summed E-state index contributed by atoms with van der Waals surface area (Å²) in [5.74, 6) is 0.0269. The Balaban J connectivity index is 2.64. The Morgan fingerprint density at radius 1 is 1.29 bits per heavy atom. The van der Waals surface area contributed by atoms with Crippen molar-refractivity contribution in [1.29, 1.82) is 0 Å². The van der Waals surface area contributed by atoms with Crippen LogP contribution in [0.3, 0.4) is 0 Å². The zero-order valence-electron chi connectivity index (χ0n) is 10.8. The molecule has 0 heterocycles. The van der Waals surface area contributed by atoms with Gasteiger partial charge < -0.3 is 10.6 Å². The van der Waals surface area contributed by atoms with E-state index in [1.807, 2.05) is 4.90 Å². The van der Waals surface area contributed by atoms with E-state index in [0.717, 1.165) is 24.9 Å². The van der Waals surface area contributed by atoms with E-state index in [0.29, 0.717) is 6.54 Å². The number of hydrogen-bond donors (Lipinski definition) is 1. The first-order valence-corrected chi connectivity index (χ1v) is 6.20. The van der Waals surface area contributed by atoms with Gasteiger partial charge in [-0.1, -0.05) is 43.2 Å². The Kier molecular flexibility index (Phi) is 5.70. The molecule has 0 fully saturated rings. The monoisotopic (exact) mass is 234 g/mol. The van der Waals surface area contributed by atoms with Crippen molar-refractivity contribution < 1.29 is 4.79 Å². The Morgan fingerprint density at radius 2 is 1.94 bits per heavy atom. The molecule has 0 spiro atoms. The molecular formula is C14H22N2O. The number of aryl methyl sites for hydroxylation is 1. The minimum Gasteiger partial charge on any atom is -0.337 e. The Labute approximate surface area is 104 Å². The van der Waals surface area contributed by atoms with Crippen LogP contribution in [-0.2, 0) is 11.3 Å². The summed E-state index contributed by atoms with van der Waals surface area (Å²) in [5.41, 5.74) is 7.83. The highest BCUT2D eigenvalue weighted by Gasteiger charge is 2.11. The zero-order chi connectivity index (χ0) is 12.7. The molecule has 2 N–H and O–H groups in total. The molecule has 94 valence electrons. The van der Waals surface area contributed by atoms with Crippen LogP contribution in [0.15, 0.2) is 24.3 Å². The number of nitrogens with zero attached hydrogens (tertiary/aromatic N) is 1. The standard InChI is InChI=1S/C14H22N2O/c1-3-4-9-16(14(17)10-15)11-13-7-5-12(2)6-8-13/h5-8H,3-4,9-11,15H2,1-2H3. The molecule has 3 nitrogen and oxygen atoms in total. The summed E-state index contributed by atoms with van der Waals surface area (Å²) in [4.78, 5) is 13.5. The molecule has 3 heteroatoms. The van der Waals surface area contributed by atoms with Gasteiger partial charge in [-0.3, -0.25) is 4.79 Å².